The smallest absolute Gasteiger partial charge is 0.338 e. The molecule has 4 heteroatoms. The lowest BCUT2D eigenvalue weighted by Gasteiger charge is -2.20. The fraction of sp³-hybridized carbons (Fsp3) is 0.500. The Kier molecular flexibility index (Phi) is 5.31. The minimum absolute atomic E-state index is 0.0276. The standard InChI is InChI=1S/C16H22O4/c1-5-11(10-14(17)18)12-6-8-13(9-7-12)15(19)20-16(2,3)4/h6-9,11H,5,10H2,1-4H3,(H,17,18). The lowest BCUT2D eigenvalue weighted by Crippen LogP contribution is -2.23. The van der Waals surface area contributed by atoms with Gasteiger partial charge in [0.2, 0.25) is 0 Å². The number of rotatable bonds is 5. The first-order valence-electron chi connectivity index (χ1n) is 6.78. The second kappa shape index (κ2) is 6.55. The number of carbonyl (C=O) groups is 2. The number of carboxylic acid groups (broad SMARTS) is 1. The second-order valence-electron chi connectivity index (χ2n) is 5.83. The molecule has 4 nitrogen and oxygen atoms in total. The molecule has 0 aliphatic rings. The van der Waals surface area contributed by atoms with E-state index >= 15 is 0 Å². The van der Waals surface area contributed by atoms with Crippen LogP contribution in [0.1, 0.15) is 62.4 Å². The van der Waals surface area contributed by atoms with Gasteiger partial charge in [0.15, 0.2) is 0 Å². The van der Waals surface area contributed by atoms with E-state index in [1.54, 1.807) is 24.3 Å². The van der Waals surface area contributed by atoms with Crippen molar-refractivity contribution in [3.63, 3.8) is 0 Å². The zero-order valence-corrected chi connectivity index (χ0v) is 12.5. The lowest BCUT2D eigenvalue weighted by molar-refractivity contribution is -0.137. The van der Waals surface area contributed by atoms with Crippen LogP contribution in [-0.4, -0.2) is 22.6 Å². The van der Waals surface area contributed by atoms with Gasteiger partial charge in [-0.05, 0) is 50.8 Å². The highest BCUT2D eigenvalue weighted by molar-refractivity contribution is 5.89. The number of hydrogen-bond donors (Lipinski definition) is 1. The Morgan fingerprint density at radius 1 is 1.20 bits per heavy atom. The van der Waals surface area contributed by atoms with E-state index in [0.29, 0.717) is 5.56 Å². The average molecular weight is 278 g/mol. The van der Waals surface area contributed by atoms with E-state index in [1.165, 1.54) is 0 Å². The van der Waals surface area contributed by atoms with E-state index in [1.807, 2.05) is 27.7 Å². The molecule has 0 bridgehead atoms. The summed E-state index contributed by atoms with van der Waals surface area (Å²) < 4.78 is 5.28. The van der Waals surface area contributed by atoms with Crippen molar-refractivity contribution in [1.29, 1.82) is 0 Å². The molecule has 1 atom stereocenters. The SMILES string of the molecule is CCC(CC(=O)O)c1ccc(C(=O)OC(C)(C)C)cc1. The highest BCUT2D eigenvalue weighted by Crippen LogP contribution is 2.24. The molecule has 0 saturated carbocycles. The molecule has 20 heavy (non-hydrogen) atoms. The summed E-state index contributed by atoms with van der Waals surface area (Å²) in [5.74, 6) is -1.21. The van der Waals surface area contributed by atoms with E-state index in [9.17, 15) is 9.59 Å². The van der Waals surface area contributed by atoms with Gasteiger partial charge >= 0.3 is 11.9 Å². The molecular weight excluding hydrogens is 256 g/mol. The van der Waals surface area contributed by atoms with E-state index in [0.717, 1.165) is 12.0 Å². The summed E-state index contributed by atoms with van der Waals surface area (Å²) >= 11 is 0. The van der Waals surface area contributed by atoms with Gasteiger partial charge in [0.05, 0.1) is 12.0 Å². The molecule has 0 radical (unpaired) electrons. The van der Waals surface area contributed by atoms with Gasteiger partial charge in [-0.1, -0.05) is 19.1 Å². The summed E-state index contributed by atoms with van der Waals surface area (Å²) in [5.41, 5.74) is 0.890. The molecule has 0 spiro atoms. The Morgan fingerprint density at radius 2 is 1.75 bits per heavy atom. The van der Waals surface area contributed by atoms with Gasteiger partial charge in [-0.2, -0.15) is 0 Å². The van der Waals surface area contributed by atoms with Gasteiger partial charge in [-0.15, -0.1) is 0 Å². The number of ether oxygens (including phenoxy) is 1. The van der Waals surface area contributed by atoms with Gasteiger partial charge in [-0.3, -0.25) is 4.79 Å². The molecule has 0 aliphatic carbocycles. The quantitative estimate of drug-likeness (QED) is 0.836. The van der Waals surface area contributed by atoms with Crippen LogP contribution in [0.25, 0.3) is 0 Å². The molecule has 110 valence electrons. The van der Waals surface area contributed by atoms with Gasteiger partial charge in [0.25, 0.3) is 0 Å². The van der Waals surface area contributed by atoms with Crippen LogP contribution in [0.3, 0.4) is 0 Å². The van der Waals surface area contributed by atoms with Crippen LogP contribution in [-0.2, 0) is 9.53 Å². The van der Waals surface area contributed by atoms with Gasteiger partial charge in [0.1, 0.15) is 5.60 Å². The highest BCUT2D eigenvalue weighted by atomic mass is 16.6. The van der Waals surface area contributed by atoms with Crippen LogP contribution >= 0.6 is 0 Å². The first kappa shape index (κ1) is 16.2. The fourth-order valence-electron chi connectivity index (χ4n) is 1.94. The maximum Gasteiger partial charge on any atom is 0.338 e. The third-order valence-electron chi connectivity index (χ3n) is 2.93. The first-order chi connectivity index (χ1) is 9.23. The van der Waals surface area contributed by atoms with Crippen LogP contribution in [0.5, 0.6) is 0 Å². The molecule has 0 fully saturated rings. The minimum Gasteiger partial charge on any atom is -0.481 e. The number of carbonyl (C=O) groups excluding carboxylic acids is 1. The Bertz CT molecular complexity index is 468. The summed E-state index contributed by atoms with van der Waals surface area (Å²) in [5, 5.41) is 8.87. The number of aliphatic carboxylic acids is 1. The Labute approximate surface area is 119 Å². The summed E-state index contributed by atoms with van der Waals surface area (Å²) in [7, 11) is 0. The third-order valence-corrected chi connectivity index (χ3v) is 2.93. The zero-order valence-electron chi connectivity index (χ0n) is 12.5. The summed E-state index contributed by atoms with van der Waals surface area (Å²) in [6.45, 7) is 7.41. The van der Waals surface area contributed by atoms with E-state index in [-0.39, 0.29) is 18.3 Å². The largest absolute Gasteiger partial charge is 0.481 e. The number of hydrogen-bond acceptors (Lipinski definition) is 3. The van der Waals surface area contributed by atoms with E-state index in [4.69, 9.17) is 9.84 Å². The summed E-state index contributed by atoms with van der Waals surface area (Å²) in [6, 6.07) is 6.98. The van der Waals surface area contributed by atoms with E-state index < -0.39 is 11.6 Å². The van der Waals surface area contributed by atoms with Crippen molar-refractivity contribution in [1.82, 2.24) is 0 Å². The summed E-state index contributed by atoms with van der Waals surface area (Å²) in [4.78, 5) is 22.7. The van der Waals surface area contributed by atoms with Crippen molar-refractivity contribution in [3.8, 4) is 0 Å². The molecule has 0 aromatic heterocycles. The van der Waals surface area contributed by atoms with Crippen LogP contribution in [0.4, 0.5) is 0 Å². The van der Waals surface area contributed by atoms with Crippen molar-refractivity contribution < 1.29 is 19.4 Å². The average Bonchev–Trinajstić information content (AvgIpc) is 2.34. The second-order valence-corrected chi connectivity index (χ2v) is 5.83. The Morgan fingerprint density at radius 3 is 2.15 bits per heavy atom. The Hall–Kier alpha value is -1.84. The van der Waals surface area contributed by atoms with Gasteiger partial charge < -0.3 is 9.84 Å². The predicted molar refractivity (Wildman–Crippen MR) is 76.9 cm³/mol. The molecular formula is C16H22O4. The van der Waals surface area contributed by atoms with Crippen molar-refractivity contribution >= 4 is 11.9 Å². The number of carboxylic acids is 1. The van der Waals surface area contributed by atoms with Crippen LogP contribution in [0, 0.1) is 0 Å². The molecule has 1 aromatic rings. The molecule has 0 amide bonds. The molecule has 0 aliphatic heterocycles. The monoisotopic (exact) mass is 278 g/mol. The van der Waals surface area contributed by atoms with Crippen LogP contribution < -0.4 is 0 Å². The highest BCUT2D eigenvalue weighted by Gasteiger charge is 2.19. The van der Waals surface area contributed by atoms with Gasteiger partial charge in [0, 0.05) is 0 Å². The molecule has 1 rings (SSSR count). The summed E-state index contributed by atoms with van der Waals surface area (Å²) in [6.07, 6.45) is 0.848. The number of esters is 1. The molecule has 0 heterocycles. The Balaban J connectivity index is 2.82. The third kappa shape index (κ3) is 5.03. The molecule has 1 N–H and O–H groups in total. The topological polar surface area (TPSA) is 63.6 Å². The maximum absolute atomic E-state index is 11.9. The van der Waals surface area contributed by atoms with Crippen molar-refractivity contribution in [2.45, 2.75) is 52.1 Å². The normalized spacial score (nSPS) is 12.8. The fourth-order valence-corrected chi connectivity index (χ4v) is 1.94. The van der Waals surface area contributed by atoms with Crippen molar-refractivity contribution in [2.75, 3.05) is 0 Å². The van der Waals surface area contributed by atoms with Crippen molar-refractivity contribution in [2.24, 2.45) is 0 Å². The first-order valence-corrected chi connectivity index (χ1v) is 6.78. The predicted octanol–water partition coefficient (Wildman–Crippen LogP) is 3.61. The minimum atomic E-state index is -0.812. The van der Waals surface area contributed by atoms with Gasteiger partial charge in [-0.25, -0.2) is 4.79 Å². The number of benzene rings is 1. The molecule has 1 unspecified atom stereocenters. The van der Waals surface area contributed by atoms with E-state index in [2.05, 4.69) is 0 Å². The van der Waals surface area contributed by atoms with Crippen LogP contribution in [0.2, 0.25) is 0 Å². The molecule has 1 aromatic carbocycles. The van der Waals surface area contributed by atoms with Crippen molar-refractivity contribution in [3.05, 3.63) is 35.4 Å². The maximum atomic E-state index is 11.9. The lowest BCUT2D eigenvalue weighted by atomic mass is 9.92. The van der Waals surface area contributed by atoms with Crippen LogP contribution in [0.15, 0.2) is 24.3 Å². The molecule has 0 saturated heterocycles. The zero-order chi connectivity index (χ0) is 15.3.